The van der Waals surface area contributed by atoms with Crippen molar-refractivity contribution in [1.82, 2.24) is 4.98 Å². The van der Waals surface area contributed by atoms with E-state index in [1.807, 2.05) is 46.8 Å². The van der Waals surface area contributed by atoms with Gasteiger partial charge in [0.15, 0.2) is 5.43 Å². The van der Waals surface area contributed by atoms with Gasteiger partial charge in [0.1, 0.15) is 5.69 Å². The molecule has 2 heterocycles. The maximum Gasteiger partial charge on any atom is 0.495 e. The summed E-state index contributed by atoms with van der Waals surface area (Å²) in [7, 11) is 0.622. The van der Waals surface area contributed by atoms with Gasteiger partial charge < -0.3 is 19.0 Å². The fourth-order valence-electron chi connectivity index (χ4n) is 2.91. The summed E-state index contributed by atoms with van der Waals surface area (Å²) >= 11 is 0. The molecule has 1 aliphatic rings. The van der Waals surface area contributed by atoms with Crippen molar-refractivity contribution in [3.05, 3.63) is 39.7 Å². The monoisotopic (exact) mass is 343 g/mol. The Morgan fingerprint density at radius 3 is 2.32 bits per heavy atom. The zero-order valence-corrected chi connectivity index (χ0v) is 15.4. The number of ether oxygens (including phenoxy) is 1. The minimum absolute atomic E-state index is 0.120. The van der Waals surface area contributed by atoms with Crippen molar-refractivity contribution < 1.29 is 18.8 Å². The molecule has 0 amide bonds. The first-order valence-electron chi connectivity index (χ1n) is 8.18. The van der Waals surface area contributed by atoms with Crippen LogP contribution in [0.2, 0.25) is 0 Å². The standard InChI is InChI=1S/C18H22BNO5/c1-10-7-8-11(19-24-17(2,3)18(4,5)25-19)14-13(21)9-12(16(22)23-6)20-15(10)14/h7-9H,1-6H3,(H,20,21). The second-order valence-electron chi connectivity index (χ2n) is 7.35. The van der Waals surface area contributed by atoms with E-state index >= 15 is 0 Å². The molecule has 2 aromatic rings. The molecule has 0 radical (unpaired) electrons. The van der Waals surface area contributed by atoms with E-state index in [4.69, 9.17) is 14.0 Å². The predicted octanol–water partition coefficient (Wildman–Crippen LogP) is 1.92. The largest absolute Gasteiger partial charge is 0.495 e. The van der Waals surface area contributed by atoms with E-state index in [9.17, 15) is 9.59 Å². The van der Waals surface area contributed by atoms with Gasteiger partial charge in [0.25, 0.3) is 0 Å². The van der Waals surface area contributed by atoms with Crippen LogP contribution in [0.1, 0.15) is 43.7 Å². The first-order valence-corrected chi connectivity index (χ1v) is 8.18. The van der Waals surface area contributed by atoms with Crippen LogP contribution in [-0.2, 0) is 14.0 Å². The molecule has 1 fully saturated rings. The van der Waals surface area contributed by atoms with Crippen LogP contribution in [0.25, 0.3) is 10.9 Å². The van der Waals surface area contributed by atoms with Gasteiger partial charge in [-0.2, -0.15) is 0 Å². The lowest BCUT2D eigenvalue weighted by Crippen LogP contribution is -2.41. The number of esters is 1. The summed E-state index contributed by atoms with van der Waals surface area (Å²) in [5.41, 5.74) is 0.910. The summed E-state index contributed by atoms with van der Waals surface area (Å²) in [5, 5.41) is 0.464. The SMILES string of the molecule is COC(=O)c1cc(=O)c2c(B3OC(C)(C)C(C)(C)O3)ccc(C)c2[nH]1. The number of methoxy groups -OCH3 is 1. The minimum Gasteiger partial charge on any atom is -0.464 e. The Morgan fingerprint density at radius 1 is 1.16 bits per heavy atom. The summed E-state index contributed by atoms with van der Waals surface area (Å²) in [6.45, 7) is 9.71. The lowest BCUT2D eigenvalue weighted by Gasteiger charge is -2.32. The summed E-state index contributed by atoms with van der Waals surface area (Å²) in [6.07, 6.45) is 0. The molecule has 0 unspecified atom stereocenters. The van der Waals surface area contributed by atoms with Crippen LogP contribution in [-0.4, -0.2) is 36.4 Å². The van der Waals surface area contributed by atoms with Crippen LogP contribution in [0, 0.1) is 6.92 Å². The molecule has 6 nitrogen and oxygen atoms in total. The number of pyridine rings is 1. The lowest BCUT2D eigenvalue weighted by atomic mass is 9.76. The molecule has 1 aromatic heterocycles. The van der Waals surface area contributed by atoms with Crippen LogP contribution in [0.15, 0.2) is 23.0 Å². The normalized spacial score (nSPS) is 18.6. The van der Waals surface area contributed by atoms with Gasteiger partial charge in [-0.3, -0.25) is 4.79 Å². The van der Waals surface area contributed by atoms with E-state index in [-0.39, 0.29) is 11.1 Å². The highest BCUT2D eigenvalue weighted by atomic mass is 16.7. The molecule has 3 rings (SSSR count). The average Bonchev–Trinajstić information content (AvgIpc) is 2.75. The van der Waals surface area contributed by atoms with Gasteiger partial charge in [-0.05, 0) is 45.6 Å². The molecule has 1 aromatic carbocycles. The van der Waals surface area contributed by atoms with Crippen molar-refractivity contribution in [1.29, 1.82) is 0 Å². The van der Waals surface area contributed by atoms with Crippen molar-refractivity contribution >= 4 is 29.5 Å². The van der Waals surface area contributed by atoms with Gasteiger partial charge >= 0.3 is 13.1 Å². The second-order valence-corrected chi connectivity index (χ2v) is 7.35. The van der Waals surface area contributed by atoms with Crippen molar-refractivity contribution in [2.24, 2.45) is 0 Å². The Morgan fingerprint density at radius 2 is 1.76 bits per heavy atom. The fraction of sp³-hybridized carbons (Fsp3) is 0.444. The fourth-order valence-corrected chi connectivity index (χ4v) is 2.91. The Hall–Kier alpha value is -2.12. The highest BCUT2D eigenvalue weighted by Gasteiger charge is 2.52. The Balaban J connectivity index is 2.21. The van der Waals surface area contributed by atoms with Gasteiger partial charge in [0, 0.05) is 11.5 Å². The quantitative estimate of drug-likeness (QED) is 0.666. The topological polar surface area (TPSA) is 77.6 Å². The van der Waals surface area contributed by atoms with E-state index < -0.39 is 24.3 Å². The van der Waals surface area contributed by atoms with Crippen molar-refractivity contribution in [2.75, 3.05) is 7.11 Å². The molecule has 1 aliphatic heterocycles. The van der Waals surface area contributed by atoms with E-state index in [0.717, 1.165) is 5.56 Å². The Bertz CT molecular complexity index is 900. The molecule has 0 bridgehead atoms. The van der Waals surface area contributed by atoms with Crippen LogP contribution in [0.5, 0.6) is 0 Å². The molecular formula is C18H22BNO5. The van der Waals surface area contributed by atoms with Crippen LogP contribution in [0.4, 0.5) is 0 Å². The first-order chi connectivity index (χ1) is 11.6. The first kappa shape index (κ1) is 17.7. The predicted molar refractivity (Wildman–Crippen MR) is 96.4 cm³/mol. The van der Waals surface area contributed by atoms with E-state index in [1.165, 1.54) is 13.2 Å². The summed E-state index contributed by atoms with van der Waals surface area (Å²) in [6, 6.07) is 4.97. The molecule has 0 aliphatic carbocycles. The van der Waals surface area contributed by atoms with Crippen molar-refractivity contribution in [3.8, 4) is 0 Å². The van der Waals surface area contributed by atoms with Crippen LogP contribution in [0.3, 0.4) is 0 Å². The van der Waals surface area contributed by atoms with Gasteiger partial charge in [-0.15, -0.1) is 0 Å². The number of rotatable bonds is 2. The van der Waals surface area contributed by atoms with Gasteiger partial charge in [0.2, 0.25) is 0 Å². The number of aromatic amines is 1. The number of benzene rings is 1. The maximum absolute atomic E-state index is 12.7. The molecule has 0 spiro atoms. The molecule has 1 saturated heterocycles. The number of fused-ring (bicyclic) bond motifs is 1. The van der Waals surface area contributed by atoms with Gasteiger partial charge in [-0.25, -0.2) is 4.79 Å². The number of aromatic nitrogens is 1. The zero-order valence-electron chi connectivity index (χ0n) is 15.4. The maximum atomic E-state index is 12.7. The molecule has 0 atom stereocenters. The highest BCUT2D eigenvalue weighted by Crippen LogP contribution is 2.36. The number of carbonyl (C=O) groups excluding carboxylic acids is 1. The average molecular weight is 343 g/mol. The van der Waals surface area contributed by atoms with Gasteiger partial charge in [-0.1, -0.05) is 12.1 Å². The number of hydrogen-bond acceptors (Lipinski definition) is 5. The zero-order chi connectivity index (χ0) is 18.6. The van der Waals surface area contributed by atoms with Crippen molar-refractivity contribution in [3.63, 3.8) is 0 Å². The number of nitrogens with one attached hydrogen (secondary N) is 1. The lowest BCUT2D eigenvalue weighted by molar-refractivity contribution is 0.00578. The summed E-state index contributed by atoms with van der Waals surface area (Å²) in [5.74, 6) is -0.584. The molecule has 25 heavy (non-hydrogen) atoms. The minimum atomic E-state index is -0.654. The summed E-state index contributed by atoms with van der Waals surface area (Å²) in [4.78, 5) is 27.5. The third-order valence-electron chi connectivity index (χ3n) is 5.14. The highest BCUT2D eigenvalue weighted by molar-refractivity contribution is 6.65. The Kier molecular flexibility index (Phi) is 4.04. The smallest absolute Gasteiger partial charge is 0.464 e. The number of H-pyrrole nitrogens is 1. The molecular weight excluding hydrogens is 321 g/mol. The molecule has 132 valence electrons. The van der Waals surface area contributed by atoms with E-state index in [1.54, 1.807) is 0 Å². The third-order valence-corrected chi connectivity index (χ3v) is 5.14. The van der Waals surface area contributed by atoms with Crippen molar-refractivity contribution in [2.45, 2.75) is 45.8 Å². The molecule has 0 saturated carbocycles. The Labute approximate surface area is 146 Å². The number of hydrogen-bond donors (Lipinski definition) is 1. The number of aryl methyl sites for hydroxylation is 1. The van der Waals surface area contributed by atoms with E-state index in [0.29, 0.717) is 16.4 Å². The van der Waals surface area contributed by atoms with Crippen LogP contribution < -0.4 is 10.9 Å². The summed E-state index contributed by atoms with van der Waals surface area (Å²) < 4.78 is 16.9. The third kappa shape index (κ3) is 2.77. The van der Waals surface area contributed by atoms with Crippen LogP contribution >= 0.6 is 0 Å². The van der Waals surface area contributed by atoms with Gasteiger partial charge in [0.05, 0.1) is 23.8 Å². The van der Waals surface area contributed by atoms with E-state index in [2.05, 4.69) is 4.98 Å². The number of carbonyl (C=O) groups is 1. The molecule has 7 heteroatoms. The molecule has 1 N–H and O–H groups in total. The second kappa shape index (κ2) is 5.71.